The van der Waals surface area contributed by atoms with Crippen LogP contribution in [0.3, 0.4) is 0 Å². The molecule has 0 aliphatic rings. The third kappa shape index (κ3) is 4.99. The van der Waals surface area contributed by atoms with E-state index < -0.39 is 5.60 Å². The maximum atomic E-state index is 10.8. The van der Waals surface area contributed by atoms with Crippen LogP contribution < -0.4 is 0 Å². The SMILES string of the molecule is CCCCC(CC)CC(C)(O)c1ccc(CC)cc1. The van der Waals surface area contributed by atoms with Crippen LogP contribution in [0.2, 0.25) is 0 Å². The largest absolute Gasteiger partial charge is 0.385 e. The van der Waals surface area contributed by atoms with Crippen molar-refractivity contribution in [3.05, 3.63) is 35.4 Å². The molecule has 1 heteroatoms. The summed E-state index contributed by atoms with van der Waals surface area (Å²) in [6, 6.07) is 8.45. The van der Waals surface area contributed by atoms with E-state index in [2.05, 4.69) is 45.0 Å². The average molecular weight is 262 g/mol. The Labute approximate surface area is 119 Å². The highest BCUT2D eigenvalue weighted by molar-refractivity contribution is 5.26. The van der Waals surface area contributed by atoms with Gasteiger partial charge < -0.3 is 5.11 Å². The summed E-state index contributed by atoms with van der Waals surface area (Å²) in [5.74, 6) is 0.626. The summed E-state index contributed by atoms with van der Waals surface area (Å²) in [5, 5.41) is 10.8. The van der Waals surface area contributed by atoms with Crippen molar-refractivity contribution in [2.45, 2.75) is 71.8 Å². The first-order chi connectivity index (χ1) is 9.03. The summed E-state index contributed by atoms with van der Waals surface area (Å²) >= 11 is 0. The Morgan fingerprint density at radius 2 is 1.74 bits per heavy atom. The van der Waals surface area contributed by atoms with Gasteiger partial charge in [-0.15, -0.1) is 0 Å². The van der Waals surface area contributed by atoms with E-state index in [1.807, 2.05) is 6.92 Å². The number of rotatable bonds is 8. The minimum atomic E-state index is -0.694. The van der Waals surface area contributed by atoms with Crippen molar-refractivity contribution in [1.82, 2.24) is 0 Å². The summed E-state index contributed by atoms with van der Waals surface area (Å²) in [6.45, 7) is 8.58. The third-order valence-corrected chi connectivity index (χ3v) is 4.21. The molecule has 2 atom stereocenters. The van der Waals surface area contributed by atoms with E-state index in [0.717, 1.165) is 24.8 Å². The summed E-state index contributed by atoms with van der Waals surface area (Å²) in [5.41, 5.74) is 1.69. The zero-order valence-electron chi connectivity index (χ0n) is 13.1. The molecule has 2 unspecified atom stereocenters. The zero-order valence-corrected chi connectivity index (χ0v) is 13.1. The Morgan fingerprint density at radius 3 is 2.21 bits per heavy atom. The molecule has 0 aliphatic carbocycles. The molecule has 1 aromatic rings. The lowest BCUT2D eigenvalue weighted by atomic mass is 9.82. The Bertz CT molecular complexity index is 350. The van der Waals surface area contributed by atoms with Crippen LogP contribution in [0.15, 0.2) is 24.3 Å². The molecule has 0 aromatic heterocycles. The van der Waals surface area contributed by atoms with Gasteiger partial charge in [-0.2, -0.15) is 0 Å². The van der Waals surface area contributed by atoms with Gasteiger partial charge in [-0.1, -0.05) is 70.7 Å². The fourth-order valence-corrected chi connectivity index (χ4v) is 2.72. The minimum absolute atomic E-state index is 0.626. The van der Waals surface area contributed by atoms with Crippen molar-refractivity contribution in [2.24, 2.45) is 5.92 Å². The number of aryl methyl sites for hydroxylation is 1. The van der Waals surface area contributed by atoms with Crippen LogP contribution in [-0.2, 0) is 12.0 Å². The number of hydrogen-bond donors (Lipinski definition) is 1. The number of benzene rings is 1. The topological polar surface area (TPSA) is 20.2 Å². The predicted octanol–water partition coefficient (Wildman–Crippen LogP) is 5.06. The molecule has 0 saturated heterocycles. The highest BCUT2D eigenvalue weighted by atomic mass is 16.3. The Morgan fingerprint density at radius 1 is 1.11 bits per heavy atom. The molecule has 0 saturated carbocycles. The van der Waals surface area contributed by atoms with Gasteiger partial charge in [-0.05, 0) is 36.8 Å². The van der Waals surface area contributed by atoms with Crippen molar-refractivity contribution in [1.29, 1.82) is 0 Å². The molecule has 0 fully saturated rings. The van der Waals surface area contributed by atoms with Gasteiger partial charge in [0.05, 0.1) is 5.60 Å². The second-order valence-electron chi connectivity index (χ2n) is 5.94. The van der Waals surface area contributed by atoms with Gasteiger partial charge in [-0.25, -0.2) is 0 Å². The van der Waals surface area contributed by atoms with Crippen LogP contribution in [0.25, 0.3) is 0 Å². The second-order valence-corrected chi connectivity index (χ2v) is 5.94. The summed E-state index contributed by atoms with van der Waals surface area (Å²) in [6.07, 6.45) is 6.82. The highest BCUT2D eigenvalue weighted by Gasteiger charge is 2.26. The predicted molar refractivity (Wildman–Crippen MR) is 83.3 cm³/mol. The second kappa shape index (κ2) is 7.69. The fourth-order valence-electron chi connectivity index (χ4n) is 2.72. The molecule has 0 radical (unpaired) electrons. The third-order valence-electron chi connectivity index (χ3n) is 4.21. The highest BCUT2D eigenvalue weighted by Crippen LogP contribution is 2.32. The van der Waals surface area contributed by atoms with E-state index in [1.165, 1.54) is 24.8 Å². The molecule has 0 spiro atoms. The van der Waals surface area contributed by atoms with E-state index in [4.69, 9.17) is 0 Å². The quantitative estimate of drug-likeness (QED) is 0.694. The molecular formula is C18H30O. The molecule has 0 heterocycles. The number of unbranched alkanes of at least 4 members (excludes halogenated alkanes) is 1. The van der Waals surface area contributed by atoms with Crippen LogP contribution in [0.1, 0.15) is 70.9 Å². The normalized spacial score (nSPS) is 16.1. The smallest absolute Gasteiger partial charge is 0.0871 e. The molecule has 1 rings (SSSR count). The van der Waals surface area contributed by atoms with Crippen molar-refractivity contribution < 1.29 is 5.11 Å². The van der Waals surface area contributed by atoms with Crippen molar-refractivity contribution in [3.8, 4) is 0 Å². The average Bonchev–Trinajstić information content (AvgIpc) is 2.43. The van der Waals surface area contributed by atoms with E-state index in [0.29, 0.717) is 5.92 Å². The van der Waals surface area contributed by atoms with E-state index in [9.17, 15) is 5.11 Å². The zero-order chi connectivity index (χ0) is 14.3. The van der Waals surface area contributed by atoms with E-state index in [1.54, 1.807) is 0 Å². The molecule has 0 bridgehead atoms. The lowest BCUT2D eigenvalue weighted by molar-refractivity contribution is 0.0275. The standard InChI is InChI=1S/C18H30O/c1-5-8-9-16(7-3)14-18(4,19)17-12-10-15(6-2)11-13-17/h10-13,16,19H,5-9,14H2,1-4H3. The lowest BCUT2D eigenvalue weighted by Crippen LogP contribution is -2.25. The minimum Gasteiger partial charge on any atom is -0.385 e. The van der Waals surface area contributed by atoms with E-state index >= 15 is 0 Å². The van der Waals surface area contributed by atoms with Crippen LogP contribution in [-0.4, -0.2) is 5.11 Å². The van der Waals surface area contributed by atoms with Gasteiger partial charge >= 0.3 is 0 Å². The summed E-state index contributed by atoms with van der Waals surface area (Å²) < 4.78 is 0. The fraction of sp³-hybridized carbons (Fsp3) is 0.667. The molecule has 0 amide bonds. The van der Waals surface area contributed by atoms with Crippen molar-refractivity contribution in [2.75, 3.05) is 0 Å². The molecule has 19 heavy (non-hydrogen) atoms. The van der Waals surface area contributed by atoms with Gasteiger partial charge in [-0.3, -0.25) is 0 Å². The maximum Gasteiger partial charge on any atom is 0.0871 e. The summed E-state index contributed by atoms with van der Waals surface area (Å²) in [4.78, 5) is 0. The van der Waals surface area contributed by atoms with Crippen LogP contribution in [0, 0.1) is 5.92 Å². The van der Waals surface area contributed by atoms with Gasteiger partial charge in [0.2, 0.25) is 0 Å². The molecule has 1 nitrogen and oxygen atoms in total. The first-order valence-corrected chi connectivity index (χ1v) is 7.85. The molecule has 1 aromatic carbocycles. The molecule has 108 valence electrons. The Balaban J connectivity index is 2.71. The van der Waals surface area contributed by atoms with Gasteiger partial charge in [0.25, 0.3) is 0 Å². The number of hydrogen-bond acceptors (Lipinski definition) is 1. The first-order valence-electron chi connectivity index (χ1n) is 7.85. The van der Waals surface area contributed by atoms with Crippen LogP contribution >= 0.6 is 0 Å². The van der Waals surface area contributed by atoms with Gasteiger partial charge in [0, 0.05) is 0 Å². The number of aliphatic hydroxyl groups is 1. The molecule has 0 aliphatic heterocycles. The van der Waals surface area contributed by atoms with Gasteiger partial charge in [0.1, 0.15) is 0 Å². The monoisotopic (exact) mass is 262 g/mol. The summed E-state index contributed by atoms with van der Waals surface area (Å²) in [7, 11) is 0. The van der Waals surface area contributed by atoms with Crippen molar-refractivity contribution in [3.63, 3.8) is 0 Å². The Hall–Kier alpha value is -0.820. The van der Waals surface area contributed by atoms with Crippen LogP contribution in [0.5, 0.6) is 0 Å². The van der Waals surface area contributed by atoms with Crippen LogP contribution in [0.4, 0.5) is 0 Å². The first kappa shape index (κ1) is 16.2. The van der Waals surface area contributed by atoms with Crippen molar-refractivity contribution >= 4 is 0 Å². The molecular weight excluding hydrogens is 232 g/mol. The lowest BCUT2D eigenvalue weighted by Gasteiger charge is -2.29. The van der Waals surface area contributed by atoms with E-state index in [-0.39, 0.29) is 0 Å². The maximum absolute atomic E-state index is 10.8. The Kier molecular flexibility index (Phi) is 6.57. The van der Waals surface area contributed by atoms with Gasteiger partial charge in [0.15, 0.2) is 0 Å². The molecule has 1 N–H and O–H groups in total.